The summed E-state index contributed by atoms with van der Waals surface area (Å²) in [6.45, 7) is -0.705. The maximum Gasteiger partial charge on any atom is 0.405 e. The number of hydrogen-bond donors (Lipinski definition) is 1. The quantitative estimate of drug-likeness (QED) is 0.352. The van der Waals surface area contributed by atoms with Gasteiger partial charge in [-0.25, -0.2) is 13.7 Å². The average molecular weight is 626 g/mol. The van der Waals surface area contributed by atoms with Crippen molar-refractivity contribution in [3.8, 4) is 0 Å². The molecule has 0 amide bonds. The smallest absolute Gasteiger partial charge is 0.405 e. The van der Waals surface area contributed by atoms with Crippen LogP contribution in [0.3, 0.4) is 0 Å². The minimum Gasteiger partial charge on any atom is -0.624 e. The summed E-state index contributed by atoms with van der Waals surface area (Å²) in [6, 6.07) is 9.63. The minimum absolute atomic E-state index is 0.0393. The first kappa shape index (κ1) is 25.1. The molecule has 3 unspecified atom stereocenters. The van der Waals surface area contributed by atoms with Crippen molar-refractivity contribution < 1.29 is 22.1 Å². The Bertz CT molecular complexity index is 1230. The second-order valence-electron chi connectivity index (χ2n) is 8.65. The van der Waals surface area contributed by atoms with E-state index in [0.717, 1.165) is 30.4 Å². The number of alkyl halides is 3. The van der Waals surface area contributed by atoms with Gasteiger partial charge in [0.05, 0.1) is 15.1 Å². The van der Waals surface area contributed by atoms with Gasteiger partial charge in [0.2, 0.25) is 0 Å². The third kappa shape index (κ3) is 5.03. The molecule has 3 atom stereocenters. The van der Waals surface area contributed by atoms with Gasteiger partial charge in [-0.15, -0.1) is 0 Å². The fourth-order valence-electron chi connectivity index (χ4n) is 4.77. The van der Waals surface area contributed by atoms with E-state index in [1.165, 1.54) is 18.4 Å². The Kier molecular flexibility index (Phi) is 6.76. The van der Waals surface area contributed by atoms with Crippen LogP contribution in [0.2, 0.25) is 0 Å². The van der Waals surface area contributed by atoms with Crippen LogP contribution < -0.4 is 4.72 Å². The van der Waals surface area contributed by atoms with Crippen LogP contribution in [0.25, 0.3) is 0 Å². The molecule has 2 aromatic rings. The molecule has 0 spiro atoms. The average Bonchev–Trinajstić information content (AvgIpc) is 3.05. The van der Waals surface area contributed by atoms with Crippen LogP contribution in [0.1, 0.15) is 47.6 Å². The summed E-state index contributed by atoms with van der Waals surface area (Å²) in [7, 11) is -2.58. The van der Waals surface area contributed by atoms with Crippen LogP contribution >= 0.6 is 31.9 Å². The van der Waals surface area contributed by atoms with E-state index in [-0.39, 0.29) is 17.3 Å². The van der Waals surface area contributed by atoms with E-state index >= 15 is 0 Å². The SMILES string of the molecule is CS(=O)(=S)NC1CCCc2cc(C3=[N+]([O-])CC(c4cc(Br)cc(Br)c4)(C(F)(F)F)C3)ccc21. The molecule has 33 heavy (non-hydrogen) atoms. The van der Waals surface area contributed by atoms with E-state index < -0.39 is 33.2 Å². The molecule has 0 aromatic heterocycles. The number of hydroxylamine groups is 1. The van der Waals surface area contributed by atoms with E-state index in [1.54, 1.807) is 18.2 Å². The molecular weight excluding hydrogens is 605 g/mol. The predicted molar refractivity (Wildman–Crippen MR) is 133 cm³/mol. The first-order valence-corrected chi connectivity index (χ1v) is 14.7. The first-order chi connectivity index (χ1) is 15.3. The molecule has 0 bridgehead atoms. The van der Waals surface area contributed by atoms with Crippen LogP contribution in [0.15, 0.2) is 45.3 Å². The summed E-state index contributed by atoms with van der Waals surface area (Å²) in [4.78, 5) is 0. The highest BCUT2D eigenvalue weighted by Crippen LogP contribution is 2.48. The molecule has 0 saturated heterocycles. The molecule has 4 nitrogen and oxygen atoms in total. The Hall–Kier alpha value is -1.01. The third-order valence-electron chi connectivity index (χ3n) is 6.29. The minimum atomic E-state index is -4.62. The lowest BCUT2D eigenvalue weighted by Gasteiger charge is -2.29. The molecule has 0 fully saturated rings. The van der Waals surface area contributed by atoms with Crippen molar-refractivity contribution in [2.75, 3.05) is 12.8 Å². The number of halogens is 5. The van der Waals surface area contributed by atoms with Gasteiger partial charge in [-0.3, -0.25) is 0 Å². The Morgan fingerprint density at radius 2 is 1.88 bits per heavy atom. The van der Waals surface area contributed by atoms with Crippen LogP contribution in [-0.2, 0) is 31.7 Å². The zero-order chi connectivity index (χ0) is 24.2. The monoisotopic (exact) mass is 624 g/mol. The lowest BCUT2D eigenvalue weighted by molar-refractivity contribution is -0.465. The van der Waals surface area contributed by atoms with Gasteiger partial charge in [0, 0.05) is 26.8 Å². The van der Waals surface area contributed by atoms with E-state index in [9.17, 15) is 22.6 Å². The number of rotatable bonds is 4. The normalized spacial score (nSPS) is 25.1. The van der Waals surface area contributed by atoms with E-state index in [2.05, 4.69) is 36.6 Å². The highest BCUT2D eigenvalue weighted by molar-refractivity contribution is 9.11. The topological polar surface area (TPSA) is 55.2 Å². The van der Waals surface area contributed by atoms with E-state index in [1.807, 2.05) is 6.07 Å². The standard InChI is InChI=1S/C22H21Br2F3N2O2S2/c1-33(31,32)28-19-4-2-3-13-7-14(5-6-18(13)19)20-11-21(12-29(20)30,22(25,26)27)15-8-16(23)10-17(24)9-15/h5-10,19,28H,2-4,11-12H2,1H3. The molecule has 178 valence electrons. The lowest BCUT2D eigenvalue weighted by atomic mass is 9.76. The largest absolute Gasteiger partial charge is 0.624 e. The van der Waals surface area contributed by atoms with Crippen LogP contribution in [0.4, 0.5) is 13.2 Å². The van der Waals surface area contributed by atoms with Gasteiger partial charge < -0.3 is 5.21 Å². The number of nitrogens with one attached hydrogen (secondary N) is 1. The number of fused-ring (bicyclic) bond motifs is 1. The van der Waals surface area contributed by atoms with E-state index in [0.29, 0.717) is 19.2 Å². The Morgan fingerprint density at radius 1 is 1.21 bits per heavy atom. The van der Waals surface area contributed by atoms with Gasteiger partial charge in [0.1, 0.15) is 0 Å². The molecule has 11 heteroatoms. The highest BCUT2D eigenvalue weighted by atomic mass is 79.9. The fourth-order valence-corrected chi connectivity index (χ4v) is 7.17. The molecule has 2 aliphatic rings. The van der Waals surface area contributed by atoms with Gasteiger partial charge in [0.15, 0.2) is 17.7 Å². The first-order valence-electron chi connectivity index (χ1n) is 10.2. The zero-order valence-electron chi connectivity index (χ0n) is 17.5. The highest BCUT2D eigenvalue weighted by Gasteiger charge is 2.63. The summed E-state index contributed by atoms with van der Waals surface area (Å²) in [5.41, 5.74) is 0.192. The van der Waals surface area contributed by atoms with Crippen LogP contribution in [-0.4, -0.2) is 33.6 Å². The number of nitrogens with zero attached hydrogens (tertiary/aromatic N) is 1. The van der Waals surface area contributed by atoms with Crippen LogP contribution in [0, 0.1) is 5.21 Å². The molecule has 1 heterocycles. The maximum atomic E-state index is 14.5. The number of hydrogen-bond acceptors (Lipinski definition) is 3. The van der Waals surface area contributed by atoms with Crippen molar-refractivity contribution in [3.63, 3.8) is 0 Å². The van der Waals surface area contributed by atoms with Crippen molar-refractivity contribution in [1.29, 1.82) is 0 Å². The van der Waals surface area contributed by atoms with Crippen LogP contribution in [0.5, 0.6) is 0 Å². The molecule has 1 N–H and O–H groups in total. The summed E-state index contributed by atoms with van der Waals surface area (Å²) in [5.74, 6) is 0. The Labute approximate surface area is 212 Å². The maximum absolute atomic E-state index is 14.5. The van der Waals surface area contributed by atoms with Crippen molar-refractivity contribution in [2.45, 2.75) is 43.3 Å². The summed E-state index contributed by atoms with van der Waals surface area (Å²) in [6.07, 6.45) is -1.27. The third-order valence-corrected chi connectivity index (χ3v) is 8.21. The molecule has 2 aromatic carbocycles. The molecule has 0 radical (unpaired) electrons. The van der Waals surface area contributed by atoms with Crippen molar-refractivity contribution >= 4 is 57.4 Å². The lowest BCUT2D eigenvalue weighted by Crippen LogP contribution is -2.45. The summed E-state index contributed by atoms with van der Waals surface area (Å²) < 4.78 is 59.9. The van der Waals surface area contributed by atoms with Gasteiger partial charge in [0.25, 0.3) is 0 Å². The number of benzene rings is 2. The van der Waals surface area contributed by atoms with Crippen molar-refractivity contribution in [1.82, 2.24) is 4.72 Å². The van der Waals surface area contributed by atoms with Gasteiger partial charge in [-0.05, 0) is 77.5 Å². The van der Waals surface area contributed by atoms with Crippen molar-refractivity contribution in [3.05, 3.63) is 72.8 Å². The molecule has 1 aliphatic heterocycles. The Morgan fingerprint density at radius 3 is 2.48 bits per heavy atom. The second kappa shape index (κ2) is 8.89. The zero-order valence-corrected chi connectivity index (χ0v) is 22.4. The molecule has 4 rings (SSSR count). The van der Waals surface area contributed by atoms with E-state index in [4.69, 9.17) is 11.2 Å². The van der Waals surface area contributed by atoms with Gasteiger partial charge in [-0.1, -0.05) is 37.9 Å². The molecular formula is C22H21Br2F3N2O2S2. The summed E-state index contributed by atoms with van der Waals surface area (Å²) in [5, 5.41) is 12.9. The Balaban J connectivity index is 1.73. The second-order valence-corrected chi connectivity index (χ2v) is 14.2. The predicted octanol–water partition coefficient (Wildman–Crippen LogP) is 5.67. The summed E-state index contributed by atoms with van der Waals surface area (Å²) >= 11 is 11.5. The van der Waals surface area contributed by atoms with Crippen molar-refractivity contribution in [2.24, 2.45) is 0 Å². The van der Waals surface area contributed by atoms with Gasteiger partial charge in [-0.2, -0.15) is 13.2 Å². The molecule has 1 aliphatic carbocycles. The van der Waals surface area contributed by atoms with Gasteiger partial charge >= 0.3 is 6.18 Å². The fraction of sp³-hybridized carbons (Fsp3) is 0.409. The molecule has 0 saturated carbocycles. The number of aryl methyl sites for hydroxylation is 1.